The van der Waals surface area contributed by atoms with Gasteiger partial charge in [-0.25, -0.2) is 0 Å². The van der Waals surface area contributed by atoms with Crippen molar-refractivity contribution in [2.24, 2.45) is 23.7 Å². The van der Waals surface area contributed by atoms with E-state index in [-0.39, 0.29) is 0 Å². The molecular weight excluding hydrogens is 120 g/mol. The van der Waals surface area contributed by atoms with E-state index in [1.54, 1.807) is 0 Å². The summed E-state index contributed by atoms with van der Waals surface area (Å²) in [5.74, 6) is 3.14. The number of hydrogen-bond acceptors (Lipinski definition) is 0. The van der Waals surface area contributed by atoms with Crippen LogP contribution in [0.4, 0.5) is 0 Å². The largest absolute Gasteiger partial charge is 0.0986 e. The summed E-state index contributed by atoms with van der Waals surface area (Å²) in [6, 6.07) is 0. The normalized spacial score (nSPS) is 53.4. The van der Waals surface area contributed by atoms with Crippen molar-refractivity contribution in [1.82, 2.24) is 0 Å². The molecule has 50 valence electrons. The van der Waals surface area contributed by atoms with Crippen LogP contribution in [0, 0.1) is 23.7 Å². The van der Waals surface area contributed by atoms with Crippen LogP contribution < -0.4 is 0 Å². The zero-order valence-corrected chi connectivity index (χ0v) is 5.83. The second-order valence-corrected chi connectivity index (χ2v) is 3.55. The first-order valence-electron chi connectivity index (χ1n) is 3.93. The topological polar surface area (TPSA) is 0 Å². The van der Waals surface area contributed by atoms with Crippen molar-refractivity contribution in [3.63, 3.8) is 0 Å². The summed E-state index contributed by atoms with van der Waals surface area (Å²) >= 11 is 0. The van der Waals surface area contributed by atoms with E-state index in [0.29, 0.717) is 0 Å². The molecule has 0 aromatic rings. The van der Waals surface area contributed by atoms with Gasteiger partial charge in [-0.1, -0.05) is 36.5 Å². The summed E-state index contributed by atoms with van der Waals surface area (Å²) in [7, 11) is 0. The molecule has 0 bridgehead atoms. The lowest BCUT2D eigenvalue weighted by molar-refractivity contribution is 0.261. The Bertz CT molecular complexity index is 233. The lowest BCUT2D eigenvalue weighted by Crippen LogP contribution is -2.34. The molecule has 0 nitrogen and oxygen atoms in total. The molecule has 10 heavy (non-hydrogen) atoms. The molecule has 3 rings (SSSR count). The van der Waals surface area contributed by atoms with E-state index in [0.717, 1.165) is 23.7 Å². The third kappa shape index (κ3) is 0.327. The summed E-state index contributed by atoms with van der Waals surface area (Å²) in [5, 5.41) is 0. The van der Waals surface area contributed by atoms with Crippen LogP contribution in [0.3, 0.4) is 0 Å². The summed E-state index contributed by atoms with van der Waals surface area (Å²) < 4.78 is 0. The van der Waals surface area contributed by atoms with E-state index in [2.05, 4.69) is 30.9 Å². The van der Waals surface area contributed by atoms with E-state index >= 15 is 0 Å². The fourth-order valence-electron chi connectivity index (χ4n) is 2.62. The van der Waals surface area contributed by atoms with Gasteiger partial charge in [-0.2, -0.15) is 0 Å². The summed E-state index contributed by atoms with van der Waals surface area (Å²) in [6.45, 7) is 4.08. The lowest BCUT2D eigenvalue weighted by Gasteiger charge is -2.40. The predicted octanol–water partition coefficient (Wildman–Crippen LogP) is 2.16. The fraction of sp³-hybridized carbons (Fsp3) is 0.400. The molecule has 0 aliphatic heterocycles. The first kappa shape index (κ1) is 4.95. The quantitative estimate of drug-likeness (QED) is 0.441. The van der Waals surface area contributed by atoms with Crippen LogP contribution in [0.15, 0.2) is 36.5 Å². The van der Waals surface area contributed by atoms with Gasteiger partial charge in [0.15, 0.2) is 0 Å². The van der Waals surface area contributed by atoms with E-state index in [4.69, 9.17) is 0 Å². The molecular formula is C10H10. The van der Waals surface area contributed by atoms with E-state index in [1.165, 1.54) is 5.57 Å². The molecule has 0 aromatic carbocycles. The molecule has 2 unspecified atom stereocenters. The maximum absolute atomic E-state index is 4.08. The maximum Gasteiger partial charge on any atom is 0.00259 e. The van der Waals surface area contributed by atoms with Gasteiger partial charge in [-0.15, -0.1) is 0 Å². The van der Waals surface area contributed by atoms with Crippen molar-refractivity contribution >= 4 is 0 Å². The van der Waals surface area contributed by atoms with Crippen LogP contribution in [0.5, 0.6) is 0 Å². The Kier molecular flexibility index (Phi) is 0.639. The Labute approximate surface area is 60.9 Å². The molecule has 0 heterocycles. The molecule has 3 aliphatic rings. The van der Waals surface area contributed by atoms with Gasteiger partial charge in [-0.3, -0.25) is 0 Å². The Balaban J connectivity index is 2.14. The smallest absolute Gasteiger partial charge is 0.00259 e. The van der Waals surface area contributed by atoms with Crippen molar-refractivity contribution in [3.05, 3.63) is 36.5 Å². The highest BCUT2D eigenvalue weighted by molar-refractivity contribution is 5.41. The molecule has 1 saturated carbocycles. The van der Waals surface area contributed by atoms with Crippen LogP contribution in [0.2, 0.25) is 0 Å². The highest BCUT2D eigenvalue weighted by Gasteiger charge is 2.50. The van der Waals surface area contributed by atoms with Crippen molar-refractivity contribution < 1.29 is 0 Å². The van der Waals surface area contributed by atoms with Gasteiger partial charge < -0.3 is 0 Å². The zero-order valence-electron chi connectivity index (χ0n) is 5.83. The second-order valence-electron chi connectivity index (χ2n) is 3.55. The van der Waals surface area contributed by atoms with Crippen LogP contribution in [-0.2, 0) is 0 Å². The zero-order chi connectivity index (χ0) is 6.72. The second kappa shape index (κ2) is 1.29. The summed E-state index contributed by atoms with van der Waals surface area (Å²) in [4.78, 5) is 0. The molecule has 0 aromatic heterocycles. The molecule has 0 saturated heterocycles. The first-order chi connectivity index (χ1) is 4.88. The Morgan fingerprint density at radius 3 is 2.20 bits per heavy atom. The van der Waals surface area contributed by atoms with Gasteiger partial charge in [0.05, 0.1) is 0 Å². The van der Waals surface area contributed by atoms with Gasteiger partial charge in [0.2, 0.25) is 0 Å². The average molecular weight is 130 g/mol. The monoisotopic (exact) mass is 130 g/mol. The highest BCUT2D eigenvalue weighted by atomic mass is 14.5. The molecule has 2 atom stereocenters. The third-order valence-corrected chi connectivity index (χ3v) is 3.21. The Hall–Kier alpha value is -0.780. The Morgan fingerprint density at radius 2 is 1.60 bits per heavy atom. The van der Waals surface area contributed by atoms with Crippen molar-refractivity contribution in [1.29, 1.82) is 0 Å². The number of hydrogen-bond donors (Lipinski definition) is 0. The Morgan fingerprint density at radius 1 is 1.00 bits per heavy atom. The lowest BCUT2D eigenvalue weighted by atomic mass is 9.63. The molecule has 0 heteroatoms. The number of rotatable bonds is 0. The third-order valence-electron chi connectivity index (χ3n) is 3.21. The number of allylic oxidation sites excluding steroid dienone is 5. The minimum absolute atomic E-state index is 0.741. The van der Waals surface area contributed by atoms with Gasteiger partial charge >= 0.3 is 0 Å². The summed E-state index contributed by atoms with van der Waals surface area (Å²) in [6.07, 6.45) is 9.34. The molecule has 0 amide bonds. The highest BCUT2D eigenvalue weighted by Crippen LogP contribution is 2.57. The van der Waals surface area contributed by atoms with Gasteiger partial charge in [-0.05, 0) is 11.8 Å². The predicted molar refractivity (Wildman–Crippen MR) is 41.4 cm³/mol. The first-order valence-corrected chi connectivity index (χ1v) is 3.93. The van der Waals surface area contributed by atoms with Crippen molar-refractivity contribution in [2.75, 3.05) is 0 Å². The molecule has 1 fully saturated rings. The van der Waals surface area contributed by atoms with Crippen LogP contribution in [0.1, 0.15) is 0 Å². The standard InChI is InChI=1S/C10H10/c1-6-8-4-2-7-3-5-9(6)10(7)8/h2-5,7-10H,1H2. The molecule has 0 spiro atoms. The van der Waals surface area contributed by atoms with Crippen molar-refractivity contribution in [3.8, 4) is 0 Å². The molecule has 0 radical (unpaired) electrons. The summed E-state index contributed by atoms with van der Waals surface area (Å²) in [5.41, 5.74) is 1.44. The molecule has 3 aliphatic carbocycles. The van der Waals surface area contributed by atoms with Crippen LogP contribution >= 0.6 is 0 Å². The van der Waals surface area contributed by atoms with Crippen molar-refractivity contribution in [2.45, 2.75) is 0 Å². The van der Waals surface area contributed by atoms with Gasteiger partial charge in [0.1, 0.15) is 0 Å². The van der Waals surface area contributed by atoms with Crippen LogP contribution in [0.25, 0.3) is 0 Å². The van der Waals surface area contributed by atoms with E-state index in [1.807, 2.05) is 0 Å². The average Bonchev–Trinajstić information content (AvgIpc) is 2.37. The van der Waals surface area contributed by atoms with Gasteiger partial charge in [0, 0.05) is 11.8 Å². The minimum Gasteiger partial charge on any atom is -0.0986 e. The molecule has 0 N–H and O–H groups in total. The van der Waals surface area contributed by atoms with E-state index in [9.17, 15) is 0 Å². The fourth-order valence-corrected chi connectivity index (χ4v) is 2.62. The van der Waals surface area contributed by atoms with Gasteiger partial charge in [0.25, 0.3) is 0 Å². The minimum atomic E-state index is 0.741. The SMILES string of the molecule is C=C1C2C=CC3C=CC1C32. The maximum atomic E-state index is 4.08. The van der Waals surface area contributed by atoms with Crippen LogP contribution in [-0.4, -0.2) is 0 Å². The van der Waals surface area contributed by atoms with E-state index < -0.39 is 0 Å².